The van der Waals surface area contributed by atoms with Crippen molar-refractivity contribution in [3.63, 3.8) is 0 Å². The first-order chi connectivity index (χ1) is 13.4. The first-order valence-corrected chi connectivity index (χ1v) is 10.3. The molecule has 28 heavy (non-hydrogen) atoms. The molecule has 3 aromatic rings. The minimum Gasteiger partial charge on any atom is -0.309 e. The van der Waals surface area contributed by atoms with Crippen LogP contribution in [0.4, 0.5) is 4.39 Å². The fourth-order valence-corrected chi connectivity index (χ4v) is 4.83. The van der Waals surface area contributed by atoms with Crippen LogP contribution in [0.3, 0.4) is 0 Å². The molecule has 0 amide bonds. The highest BCUT2D eigenvalue weighted by Gasteiger charge is 2.30. The zero-order valence-corrected chi connectivity index (χ0v) is 15.8. The van der Waals surface area contributed by atoms with Crippen molar-refractivity contribution in [3.8, 4) is 0 Å². The molecule has 0 unspecified atom stereocenters. The highest BCUT2D eigenvalue weighted by molar-refractivity contribution is 7.89. The summed E-state index contributed by atoms with van der Waals surface area (Å²) in [6.07, 6.45) is 0. The zero-order chi connectivity index (χ0) is 19.7. The van der Waals surface area contributed by atoms with Gasteiger partial charge in [-0.3, -0.25) is 9.69 Å². The molecular weight excluding hydrogens is 383 g/mol. The molecule has 4 rings (SSSR count). The normalized spacial score (nSPS) is 16.5. The molecule has 1 aliphatic rings. The molecule has 1 fully saturated rings. The molecule has 0 radical (unpaired) electrons. The summed E-state index contributed by atoms with van der Waals surface area (Å²) >= 11 is 0. The molecule has 146 valence electrons. The van der Waals surface area contributed by atoms with Crippen LogP contribution in [0.25, 0.3) is 10.9 Å². The molecule has 0 bridgehead atoms. The molecule has 2 heterocycles. The van der Waals surface area contributed by atoms with E-state index < -0.39 is 15.8 Å². The van der Waals surface area contributed by atoms with Gasteiger partial charge in [-0.1, -0.05) is 24.3 Å². The van der Waals surface area contributed by atoms with Gasteiger partial charge in [0.25, 0.3) is 5.56 Å². The number of halogens is 1. The van der Waals surface area contributed by atoms with E-state index in [1.54, 1.807) is 18.2 Å². The third-order valence-corrected chi connectivity index (χ3v) is 6.75. The number of para-hydroxylation sites is 1. The maximum atomic E-state index is 13.9. The van der Waals surface area contributed by atoms with Gasteiger partial charge in [0.05, 0.1) is 17.4 Å². The standard InChI is InChI=1S/C19H19FN4O3S/c20-15-6-2-4-8-17(15)28(26,27)24-11-9-23(10-12-24)13-18-21-16-7-3-1-5-14(16)19(25)22-18/h1-8H,9-13H2,(H,21,22,25). The molecule has 0 aliphatic carbocycles. The Kier molecular flexibility index (Phi) is 4.96. The Morgan fingerprint density at radius 3 is 2.43 bits per heavy atom. The van der Waals surface area contributed by atoms with Crippen molar-refractivity contribution in [1.82, 2.24) is 19.2 Å². The lowest BCUT2D eigenvalue weighted by Gasteiger charge is -2.33. The summed E-state index contributed by atoms with van der Waals surface area (Å²) in [5, 5.41) is 0.534. The van der Waals surface area contributed by atoms with Gasteiger partial charge < -0.3 is 4.98 Å². The van der Waals surface area contributed by atoms with E-state index in [-0.39, 0.29) is 23.5 Å². The second-order valence-corrected chi connectivity index (χ2v) is 8.55. The average Bonchev–Trinajstić information content (AvgIpc) is 2.69. The van der Waals surface area contributed by atoms with Crippen LogP contribution in [0.1, 0.15) is 5.82 Å². The van der Waals surface area contributed by atoms with E-state index in [0.29, 0.717) is 36.4 Å². The van der Waals surface area contributed by atoms with Crippen molar-refractivity contribution in [2.75, 3.05) is 26.2 Å². The molecule has 1 saturated heterocycles. The predicted octanol–water partition coefficient (Wildman–Crippen LogP) is 1.57. The van der Waals surface area contributed by atoms with Gasteiger partial charge in [-0.2, -0.15) is 4.31 Å². The number of hydrogen-bond acceptors (Lipinski definition) is 5. The Morgan fingerprint density at radius 2 is 1.68 bits per heavy atom. The van der Waals surface area contributed by atoms with Crippen molar-refractivity contribution in [1.29, 1.82) is 0 Å². The number of aromatic nitrogens is 2. The highest BCUT2D eigenvalue weighted by Crippen LogP contribution is 2.20. The van der Waals surface area contributed by atoms with Crippen molar-refractivity contribution in [2.24, 2.45) is 0 Å². The maximum absolute atomic E-state index is 13.9. The molecule has 9 heteroatoms. The molecule has 1 aromatic heterocycles. The first-order valence-electron chi connectivity index (χ1n) is 8.90. The number of aromatic amines is 1. The Bertz CT molecular complexity index is 1170. The highest BCUT2D eigenvalue weighted by atomic mass is 32.2. The summed E-state index contributed by atoms with van der Waals surface area (Å²) in [6.45, 7) is 1.82. The third kappa shape index (κ3) is 3.56. The van der Waals surface area contributed by atoms with Crippen LogP contribution >= 0.6 is 0 Å². The van der Waals surface area contributed by atoms with Crippen LogP contribution in [0, 0.1) is 5.82 Å². The minimum atomic E-state index is -3.87. The summed E-state index contributed by atoms with van der Waals surface area (Å²) < 4.78 is 40.5. The van der Waals surface area contributed by atoms with E-state index in [1.807, 2.05) is 11.0 Å². The molecule has 0 spiro atoms. The monoisotopic (exact) mass is 402 g/mol. The number of H-pyrrole nitrogens is 1. The van der Waals surface area contributed by atoms with E-state index in [1.165, 1.54) is 22.5 Å². The third-order valence-electron chi connectivity index (χ3n) is 4.82. The van der Waals surface area contributed by atoms with E-state index in [2.05, 4.69) is 9.97 Å². The van der Waals surface area contributed by atoms with E-state index in [4.69, 9.17) is 0 Å². The van der Waals surface area contributed by atoms with Crippen LogP contribution in [-0.2, 0) is 16.6 Å². The summed E-state index contributed by atoms with van der Waals surface area (Å²) in [6, 6.07) is 12.5. The molecule has 0 atom stereocenters. The van der Waals surface area contributed by atoms with Gasteiger partial charge >= 0.3 is 0 Å². The zero-order valence-electron chi connectivity index (χ0n) is 15.0. The lowest BCUT2D eigenvalue weighted by atomic mass is 10.2. The minimum absolute atomic E-state index is 0.193. The van der Waals surface area contributed by atoms with E-state index in [0.717, 1.165) is 6.07 Å². The second kappa shape index (κ2) is 7.42. The second-order valence-electron chi connectivity index (χ2n) is 6.64. The fraction of sp³-hybridized carbons (Fsp3) is 0.263. The van der Waals surface area contributed by atoms with Gasteiger partial charge in [-0.05, 0) is 24.3 Å². The number of nitrogens with one attached hydrogen (secondary N) is 1. The van der Waals surface area contributed by atoms with Gasteiger partial charge in [0, 0.05) is 26.2 Å². The Morgan fingerprint density at radius 1 is 1.00 bits per heavy atom. The number of piperazine rings is 1. The van der Waals surface area contributed by atoms with Crippen molar-refractivity contribution < 1.29 is 12.8 Å². The van der Waals surface area contributed by atoms with Crippen molar-refractivity contribution in [2.45, 2.75) is 11.4 Å². The number of hydrogen-bond donors (Lipinski definition) is 1. The summed E-state index contributed by atoms with van der Waals surface area (Å²) in [5.74, 6) is -0.211. The number of nitrogens with zero attached hydrogens (tertiary/aromatic N) is 3. The van der Waals surface area contributed by atoms with Crippen LogP contribution < -0.4 is 5.56 Å². The number of sulfonamides is 1. The van der Waals surface area contributed by atoms with Crippen LogP contribution in [0.2, 0.25) is 0 Å². The van der Waals surface area contributed by atoms with Gasteiger partial charge in [-0.15, -0.1) is 0 Å². The smallest absolute Gasteiger partial charge is 0.258 e. The lowest BCUT2D eigenvalue weighted by molar-refractivity contribution is 0.178. The average molecular weight is 402 g/mol. The molecule has 7 nitrogen and oxygen atoms in total. The van der Waals surface area contributed by atoms with Gasteiger partial charge in [0.15, 0.2) is 0 Å². The van der Waals surface area contributed by atoms with E-state index >= 15 is 0 Å². The number of benzene rings is 2. The van der Waals surface area contributed by atoms with E-state index in [9.17, 15) is 17.6 Å². The number of rotatable bonds is 4. The topological polar surface area (TPSA) is 86.4 Å². The molecule has 0 saturated carbocycles. The van der Waals surface area contributed by atoms with Crippen LogP contribution in [-0.4, -0.2) is 53.8 Å². The Labute approximate surface area is 161 Å². The lowest BCUT2D eigenvalue weighted by Crippen LogP contribution is -2.48. The number of fused-ring (bicyclic) bond motifs is 1. The summed E-state index contributed by atoms with van der Waals surface area (Å²) in [5.41, 5.74) is 0.434. The Balaban J connectivity index is 1.46. The largest absolute Gasteiger partial charge is 0.309 e. The van der Waals surface area contributed by atoms with Crippen LogP contribution in [0.15, 0.2) is 58.2 Å². The summed E-state index contributed by atoms with van der Waals surface area (Å²) in [7, 11) is -3.87. The molecule has 2 aromatic carbocycles. The summed E-state index contributed by atoms with van der Waals surface area (Å²) in [4.78, 5) is 21.1. The molecule has 1 N–H and O–H groups in total. The van der Waals surface area contributed by atoms with Crippen molar-refractivity contribution >= 4 is 20.9 Å². The molecule has 1 aliphatic heterocycles. The van der Waals surface area contributed by atoms with Gasteiger partial charge in [0.2, 0.25) is 10.0 Å². The predicted molar refractivity (Wildman–Crippen MR) is 103 cm³/mol. The fourth-order valence-electron chi connectivity index (χ4n) is 3.34. The maximum Gasteiger partial charge on any atom is 0.258 e. The molecular formula is C19H19FN4O3S. The van der Waals surface area contributed by atoms with Gasteiger partial charge in [-0.25, -0.2) is 17.8 Å². The Hall–Kier alpha value is -2.62. The SMILES string of the molecule is O=c1[nH]c(CN2CCN(S(=O)(=O)c3ccccc3F)CC2)nc2ccccc12. The first kappa shape index (κ1) is 18.7. The van der Waals surface area contributed by atoms with Crippen molar-refractivity contribution in [3.05, 3.63) is 70.5 Å². The quantitative estimate of drug-likeness (QED) is 0.716. The van der Waals surface area contributed by atoms with Crippen LogP contribution in [0.5, 0.6) is 0 Å². The van der Waals surface area contributed by atoms with Gasteiger partial charge in [0.1, 0.15) is 16.5 Å².